The van der Waals surface area contributed by atoms with Crippen molar-refractivity contribution >= 4 is 49.4 Å². The number of hydrogen-bond donors (Lipinski definition) is 0. The predicted octanol–water partition coefficient (Wildman–Crippen LogP) is 13.6. The van der Waals surface area contributed by atoms with Gasteiger partial charge in [-0.2, -0.15) is 0 Å². The lowest BCUT2D eigenvalue weighted by molar-refractivity contribution is 1.30. The number of rotatable bonds is 6. The van der Waals surface area contributed by atoms with Crippen LogP contribution in [0.15, 0.2) is 200 Å². The van der Waals surface area contributed by atoms with Crippen LogP contribution in [0, 0.1) is 0 Å². The fourth-order valence-electron chi connectivity index (χ4n) is 7.15. The van der Waals surface area contributed by atoms with E-state index in [0.29, 0.717) is 0 Å². The zero-order chi connectivity index (χ0) is 32.6. The van der Waals surface area contributed by atoms with Gasteiger partial charge in [-0.15, -0.1) is 0 Å². The first-order valence-electron chi connectivity index (χ1n) is 16.8. The van der Waals surface area contributed by atoms with Crippen LogP contribution in [0.4, 0.5) is 17.1 Å². The molecular weight excluding hydrogens is 591 g/mol. The van der Waals surface area contributed by atoms with Crippen LogP contribution in [0.5, 0.6) is 0 Å². The molecule has 0 heterocycles. The fourth-order valence-corrected chi connectivity index (χ4v) is 7.15. The second-order valence-corrected chi connectivity index (χ2v) is 12.6. The Balaban J connectivity index is 1.28. The molecule has 230 valence electrons. The molecule has 0 aliphatic rings. The van der Waals surface area contributed by atoms with Crippen LogP contribution in [-0.4, -0.2) is 0 Å². The maximum Gasteiger partial charge on any atom is 0.0546 e. The summed E-state index contributed by atoms with van der Waals surface area (Å²) >= 11 is 0. The molecule has 0 saturated heterocycles. The van der Waals surface area contributed by atoms with Gasteiger partial charge in [0, 0.05) is 16.8 Å². The van der Waals surface area contributed by atoms with Crippen LogP contribution in [0.1, 0.15) is 0 Å². The van der Waals surface area contributed by atoms with Gasteiger partial charge in [0.2, 0.25) is 0 Å². The van der Waals surface area contributed by atoms with Gasteiger partial charge in [0.15, 0.2) is 0 Å². The molecule has 49 heavy (non-hydrogen) atoms. The fraction of sp³-hybridized carbons (Fsp3) is 0. The Bertz CT molecular complexity index is 2530. The van der Waals surface area contributed by atoms with E-state index in [0.717, 1.165) is 17.1 Å². The zero-order valence-corrected chi connectivity index (χ0v) is 27.0. The van der Waals surface area contributed by atoms with E-state index in [-0.39, 0.29) is 0 Å². The minimum absolute atomic E-state index is 1.11. The zero-order valence-electron chi connectivity index (χ0n) is 27.0. The normalized spacial score (nSPS) is 11.3. The van der Waals surface area contributed by atoms with Crippen LogP contribution in [0.2, 0.25) is 0 Å². The van der Waals surface area contributed by atoms with Crippen molar-refractivity contribution < 1.29 is 0 Å². The summed E-state index contributed by atoms with van der Waals surface area (Å²) in [5.41, 5.74) is 10.5. The van der Waals surface area contributed by atoms with Crippen LogP contribution < -0.4 is 4.90 Å². The molecule has 0 saturated carbocycles. The number of anilines is 3. The SMILES string of the molecule is c1ccc(-c2cc(-c3ccccc3)cc(N(c3ccc(-c4ccc5ccccc5c4)cc3)c3cc4ccccc4c4ccccc34)c2)cc1. The predicted molar refractivity (Wildman–Crippen MR) is 210 cm³/mol. The summed E-state index contributed by atoms with van der Waals surface area (Å²) in [6, 6.07) is 72.6. The average molecular weight is 624 g/mol. The third-order valence-electron chi connectivity index (χ3n) is 9.59. The number of hydrogen-bond acceptors (Lipinski definition) is 1. The van der Waals surface area contributed by atoms with Crippen molar-refractivity contribution in [3.05, 3.63) is 200 Å². The first kappa shape index (κ1) is 28.8. The molecule has 0 radical (unpaired) electrons. The lowest BCUT2D eigenvalue weighted by atomic mass is 9.95. The molecular formula is C48H33N. The second-order valence-electron chi connectivity index (χ2n) is 12.6. The molecule has 0 N–H and O–H groups in total. The highest BCUT2D eigenvalue weighted by Gasteiger charge is 2.19. The van der Waals surface area contributed by atoms with E-state index >= 15 is 0 Å². The quantitative estimate of drug-likeness (QED) is 0.167. The maximum atomic E-state index is 2.44. The summed E-state index contributed by atoms with van der Waals surface area (Å²) in [5.74, 6) is 0. The van der Waals surface area contributed by atoms with Crippen molar-refractivity contribution in [2.45, 2.75) is 0 Å². The molecule has 1 heteroatoms. The van der Waals surface area contributed by atoms with Crippen molar-refractivity contribution in [2.75, 3.05) is 4.90 Å². The number of fused-ring (bicyclic) bond motifs is 4. The van der Waals surface area contributed by atoms with Crippen molar-refractivity contribution in [3.63, 3.8) is 0 Å². The minimum atomic E-state index is 1.11. The monoisotopic (exact) mass is 623 g/mol. The summed E-state index contributed by atoms with van der Waals surface area (Å²) in [7, 11) is 0. The van der Waals surface area contributed by atoms with Gasteiger partial charge in [-0.1, -0.05) is 158 Å². The van der Waals surface area contributed by atoms with E-state index in [1.165, 1.54) is 65.7 Å². The third kappa shape index (κ3) is 5.42. The van der Waals surface area contributed by atoms with Gasteiger partial charge in [0.1, 0.15) is 0 Å². The van der Waals surface area contributed by atoms with Crippen LogP contribution in [-0.2, 0) is 0 Å². The smallest absolute Gasteiger partial charge is 0.0546 e. The molecule has 0 aliphatic carbocycles. The molecule has 0 spiro atoms. The van der Waals surface area contributed by atoms with Gasteiger partial charge in [0.25, 0.3) is 0 Å². The molecule has 0 bridgehead atoms. The summed E-state index contributed by atoms with van der Waals surface area (Å²) in [6.45, 7) is 0. The van der Waals surface area contributed by atoms with Crippen molar-refractivity contribution in [1.82, 2.24) is 0 Å². The van der Waals surface area contributed by atoms with Crippen molar-refractivity contribution in [2.24, 2.45) is 0 Å². The van der Waals surface area contributed by atoms with Crippen molar-refractivity contribution in [1.29, 1.82) is 0 Å². The Labute approximate surface area is 287 Å². The first-order valence-corrected chi connectivity index (χ1v) is 16.8. The third-order valence-corrected chi connectivity index (χ3v) is 9.59. The lowest BCUT2D eigenvalue weighted by Crippen LogP contribution is -2.11. The molecule has 1 nitrogen and oxygen atoms in total. The molecule has 0 aromatic heterocycles. The Hall–Kier alpha value is -6.44. The highest BCUT2D eigenvalue weighted by Crippen LogP contribution is 2.44. The summed E-state index contributed by atoms with van der Waals surface area (Å²) in [6.07, 6.45) is 0. The van der Waals surface area contributed by atoms with Gasteiger partial charge >= 0.3 is 0 Å². The van der Waals surface area contributed by atoms with E-state index in [2.05, 4.69) is 205 Å². The van der Waals surface area contributed by atoms with E-state index in [1.54, 1.807) is 0 Å². The Kier molecular flexibility index (Phi) is 7.22. The van der Waals surface area contributed by atoms with E-state index in [4.69, 9.17) is 0 Å². The van der Waals surface area contributed by atoms with Gasteiger partial charge < -0.3 is 4.90 Å². The minimum Gasteiger partial charge on any atom is -0.310 e. The average Bonchev–Trinajstić information content (AvgIpc) is 3.19. The van der Waals surface area contributed by atoms with Crippen LogP contribution in [0.3, 0.4) is 0 Å². The number of benzene rings is 9. The Morgan fingerprint density at radius 2 is 0.755 bits per heavy atom. The standard InChI is InChI=1S/C48H33N/c1-3-13-34(14-4-1)41-30-42(35-15-5-2-6-16-35)32-44(31-41)49(48-33-40-19-9-10-20-45(40)46-21-11-12-22-47(46)48)43-27-25-37(26-28-43)39-24-23-36-17-7-8-18-38(36)29-39/h1-33H. The highest BCUT2D eigenvalue weighted by atomic mass is 15.1. The molecule has 9 aromatic carbocycles. The van der Waals surface area contributed by atoms with E-state index in [1.807, 2.05) is 0 Å². The first-order chi connectivity index (χ1) is 24.3. The van der Waals surface area contributed by atoms with Crippen molar-refractivity contribution in [3.8, 4) is 33.4 Å². The molecule has 0 aliphatic heterocycles. The van der Waals surface area contributed by atoms with Crippen LogP contribution in [0.25, 0.3) is 65.7 Å². The molecule has 9 aromatic rings. The maximum absolute atomic E-state index is 2.44. The topological polar surface area (TPSA) is 3.24 Å². The second kappa shape index (κ2) is 12.3. The molecule has 9 rings (SSSR count). The Morgan fingerprint density at radius 1 is 0.245 bits per heavy atom. The van der Waals surface area contributed by atoms with Gasteiger partial charge in [0.05, 0.1) is 5.69 Å². The van der Waals surface area contributed by atoms with E-state index < -0.39 is 0 Å². The van der Waals surface area contributed by atoms with Gasteiger partial charge in [-0.25, -0.2) is 0 Å². The van der Waals surface area contributed by atoms with Gasteiger partial charge in [-0.3, -0.25) is 0 Å². The van der Waals surface area contributed by atoms with Gasteiger partial charge in [-0.05, 0) is 103 Å². The number of nitrogens with zero attached hydrogens (tertiary/aromatic N) is 1. The van der Waals surface area contributed by atoms with Crippen LogP contribution >= 0.6 is 0 Å². The largest absolute Gasteiger partial charge is 0.310 e. The Morgan fingerprint density at radius 3 is 1.43 bits per heavy atom. The molecule has 0 amide bonds. The van der Waals surface area contributed by atoms with E-state index in [9.17, 15) is 0 Å². The summed E-state index contributed by atoms with van der Waals surface area (Å²) < 4.78 is 0. The molecule has 0 fully saturated rings. The lowest BCUT2D eigenvalue weighted by Gasteiger charge is -2.29. The summed E-state index contributed by atoms with van der Waals surface area (Å²) in [5, 5.41) is 7.44. The highest BCUT2D eigenvalue weighted by molar-refractivity contribution is 6.14. The molecule has 0 unspecified atom stereocenters. The summed E-state index contributed by atoms with van der Waals surface area (Å²) in [4.78, 5) is 2.44. The molecule has 0 atom stereocenters.